The van der Waals surface area contributed by atoms with Crippen LogP contribution in [0.3, 0.4) is 0 Å². The second kappa shape index (κ2) is 5.14. The van der Waals surface area contributed by atoms with Crippen LogP contribution in [0.2, 0.25) is 0 Å². The normalized spacial score (nSPS) is 21.0. The molecule has 2 aliphatic rings. The molecule has 0 atom stereocenters. The molecule has 0 saturated heterocycles. The maximum absolute atomic E-state index is 3.54. The van der Waals surface area contributed by atoms with E-state index in [1.807, 2.05) is 0 Å². The van der Waals surface area contributed by atoms with Crippen molar-refractivity contribution < 1.29 is 0 Å². The molecule has 0 heterocycles. The second-order valence-electron chi connectivity index (χ2n) is 6.10. The summed E-state index contributed by atoms with van der Waals surface area (Å²) in [5.41, 5.74) is 3.00. The van der Waals surface area contributed by atoms with Crippen molar-refractivity contribution in [3.8, 4) is 0 Å². The summed E-state index contributed by atoms with van der Waals surface area (Å²) < 4.78 is 3.07. The number of halogens is 2. The van der Waals surface area contributed by atoms with E-state index in [1.54, 1.807) is 0 Å². The third-order valence-corrected chi connectivity index (χ3v) is 7.67. The predicted octanol–water partition coefficient (Wildman–Crippen LogP) is 6.62. The zero-order valence-electron chi connectivity index (χ0n) is 11.6. The molecule has 0 aliphatic heterocycles. The predicted molar refractivity (Wildman–Crippen MR) is 97.7 cm³/mol. The molecule has 2 saturated carbocycles. The first-order chi connectivity index (χ1) is 10.1. The van der Waals surface area contributed by atoms with E-state index in [9.17, 15) is 0 Å². The molecule has 0 nitrogen and oxygen atoms in total. The molecule has 21 heavy (non-hydrogen) atoms. The van der Waals surface area contributed by atoms with E-state index in [0.29, 0.717) is 9.49 Å². The molecule has 0 bridgehead atoms. The summed E-state index contributed by atoms with van der Waals surface area (Å²) in [6.07, 6.45) is 5.27. The average molecular weight is 424 g/mol. The van der Waals surface area contributed by atoms with Crippen molar-refractivity contribution >= 4 is 43.6 Å². The van der Waals surface area contributed by atoms with Crippen LogP contribution in [0.1, 0.15) is 36.8 Å². The molecule has 2 aromatic rings. The Hall–Kier alpha value is -0.250. The standard InChI is InChI=1S/C18H16Br2S/c19-15-5-1-13(2-6-15)17(9-10-17)21-18(11-12-18)14-3-7-16(20)8-4-14/h1-8H,9-12H2. The lowest BCUT2D eigenvalue weighted by molar-refractivity contribution is 0.960. The fourth-order valence-electron chi connectivity index (χ4n) is 3.01. The molecule has 2 aliphatic carbocycles. The Bertz CT molecular complexity index is 593. The molecule has 0 spiro atoms. The van der Waals surface area contributed by atoms with Crippen LogP contribution in [0.5, 0.6) is 0 Å². The maximum Gasteiger partial charge on any atom is 0.0418 e. The van der Waals surface area contributed by atoms with Gasteiger partial charge < -0.3 is 0 Å². The van der Waals surface area contributed by atoms with Gasteiger partial charge in [-0.2, -0.15) is 0 Å². The van der Waals surface area contributed by atoms with E-state index >= 15 is 0 Å². The van der Waals surface area contributed by atoms with Gasteiger partial charge in [0.2, 0.25) is 0 Å². The highest BCUT2D eigenvalue weighted by molar-refractivity contribution is 9.10. The first-order valence-corrected chi connectivity index (χ1v) is 9.75. The Morgan fingerprint density at radius 2 is 0.952 bits per heavy atom. The third-order valence-electron chi connectivity index (χ3n) is 4.54. The van der Waals surface area contributed by atoms with Crippen LogP contribution in [-0.2, 0) is 9.49 Å². The van der Waals surface area contributed by atoms with Crippen molar-refractivity contribution in [1.82, 2.24) is 0 Å². The van der Waals surface area contributed by atoms with Crippen LogP contribution in [0.25, 0.3) is 0 Å². The topological polar surface area (TPSA) is 0 Å². The summed E-state index contributed by atoms with van der Waals surface area (Å²) in [6, 6.07) is 17.9. The van der Waals surface area contributed by atoms with Crippen molar-refractivity contribution in [3.05, 3.63) is 68.6 Å². The first-order valence-electron chi connectivity index (χ1n) is 7.34. The molecule has 2 aromatic carbocycles. The van der Waals surface area contributed by atoms with Crippen LogP contribution >= 0.6 is 43.6 Å². The highest BCUT2D eigenvalue weighted by Crippen LogP contribution is 2.70. The zero-order chi connectivity index (χ0) is 14.5. The van der Waals surface area contributed by atoms with Crippen LogP contribution in [0.15, 0.2) is 57.5 Å². The Kier molecular flexibility index (Phi) is 3.51. The van der Waals surface area contributed by atoms with Crippen molar-refractivity contribution in [3.63, 3.8) is 0 Å². The molecule has 3 heteroatoms. The largest absolute Gasteiger partial charge is 0.139 e. The fourth-order valence-corrected chi connectivity index (χ4v) is 5.40. The molecule has 0 radical (unpaired) electrons. The quantitative estimate of drug-likeness (QED) is 0.532. The van der Waals surface area contributed by atoms with Gasteiger partial charge in [-0.3, -0.25) is 0 Å². The van der Waals surface area contributed by atoms with Gasteiger partial charge in [0.05, 0.1) is 0 Å². The van der Waals surface area contributed by atoms with Crippen LogP contribution < -0.4 is 0 Å². The highest BCUT2D eigenvalue weighted by Gasteiger charge is 2.56. The summed E-state index contributed by atoms with van der Waals surface area (Å²) in [4.78, 5) is 0. The molecule has 0 amide bonds. The van der Waals surface area contributed by atoms with Gasteiger partial charge in [-0.25, -0.2) is 0 Å². The lowest BCUT2D eigenvalue weighted by atomic mass is 10.1. The van der Waals surface area contributed by atoms with Crippen molar-refractivity contribution in [2.24, 2.45) is 0 Å². The van der Waals surface area contributed by atoms with Gasteiger partial charge in [0.25, 0.3) is 0 Å². The van der Waals surface area contributed by atoms with E-state index in [0.717, 1.165) is 0 Å². The molecule has 4 rings (SSSR count). The Morgan fingerprint density at radius 1 is 0.619 bits per heavy atom. The molecule has 2 fully saturated rings. The van der Waals surface area contributed by atoms with E-state index < -0.39 is 0 Å². The summed E-state index contributed by atoms with van der Waals surface area (Å²) in [5, 5.41) is 0. The van der Waals surface area contributed by atoms with Gasteiger partial charge in [0.1, 0.15) is 0 Å². The fraction of sp³-hybridized carbons (Fsp3) is 0.333. The number of benzene rings is 2. The van der Waals surface area contributed by atoms with Crippen molar-refractivity contribution in [2.45, 2.75) is 35.2 Å². The number of rotatable bonds is 4. The molecule has 0 unspecified atom stereocenters. The molecular formula is C18H16Br2S. The van der Waals surface area contributed by atoms with Gasteiger partial charge in [0, 0.05) is 18.4 Å². The SMILES string of the molecule is Brc1ccc(C2(SC3(c4ccc(Br)cc4)CC3)CC2)cc1. The van der Waals surface area contributed by atoms with Gasteiger partial charge in [-0.1, -0.05) is 56.1 Å². The zero-order valence-corrected chi connectivity index (χ0v) is 15.6. The van der Waals surface area contributed by atoms with Crippen LogP contribution in [-0.4, -0.2) is 0 Å². The van der Waals surface area contributed by atoms with E-state index in [1.165, 1.54) is 45.8 Å². The minimum absolute atomic E-state index is 0.365. The maximum atomic E-state index is 3.54. The molecule has 108 valence electrons. The lowest BCUT2D eigenvalue weighted by Gasteiger charge is -2.23. The van der Waals surface area contributed by atoms with Crippen molar-refractivity contribution in [2.75, 3.05) is 0 Å². The number of thioether (sulfide) groups is 1. The monoisotopic (exact) mass is 422 g/mol. The summed E-state index contributed by atoms with van der Waals surface area (Å²) >= 11 is 9.29. The summed E-state index contributed by atoms with van der Waals surface area (Å²) in [7, 11) is 0. The smallest absolute Gasteiger partial charge is 0.0418 e. The molecule has 0 N–H and O–H groups in total. The van der Waals surface area contributed by atoms with Gasteiger partial charge >= 0.3 is 0 Å². The minimum atomic E-state index is 0.365. The minimum Gasteiger partial charge on any atom is -0.139 e. The van der Waals surface area contributed by atoms with Crippen LogP contribution in [0, 0.1) is 0 Å². The van der Waals surface area contributed by atoms with Gasteiger partial charge in [-0.05, 0) is 61.1 Å². The van der Waals surface area contributed by atoms with Gasteiger partial charge in [0.15, 0.2) is 0 Å². The Labute approximate surface area is 147 Å². The average Bonchev–Trinajstić information content (AvgIpc) is 3.40. The van der Waals surface area contributed by atoms with Crippen LogP contribution in [0.4, 0.5) is 0 Å². The Balaban J connectivity index is 1.60. The van der Waals surface area contributed by atoms with Gasteiger partial charge in [-0.15, -0.1) is 11.8 Å². The third kappa shape index (κ3) is 2.73. The van der Waals surface area contributed by atoms with E-state index in [4.69, 9.17) is 0 Å². The lowest BCUT2D eigenvalue weighted by Crippen LogP contribution is -2.10. The first kappa shape index (κ1) is 14.3. The molecular weight excluding hydrogens is 408 g/mol. The summed E-state index contributed by atoms with van der Waals surface area (Å²) in [5.74, 6) is 0. The summed E-state index contributed by atoms with van der Waals surface area (Å²) in [6.45, 7) is 0. The number of hydrogen-bond donors (Lipinski definition) is 0. The van der Waals surface area contributed by atoms with E-state index in [-0.39, 0.29) is 0 Å². The number of hydrogen-bond acceptors (Lipinski definition) is 1. The Morgan fingerprint density at radius 3 is 1.24 bits per heavy atom. The highest BCUT2D eigenvalue weighted by atomic mass is 79.9. The van der Waals surface area contributed by atoms with E-state index in [2.05, 4.69) is 92.2 Å². The second-order valence-corrected chi connectivity index (χ2v) is 9.70. The molecule has 0 aromatic heterocycles. The van der Waals surface area contributed by atoms with Crippen molar-refractivity contribution in [1.29, 1.82) is 0 Å².